The molecule has 0 atom stereocenters. The topological polar surface area (TPSA) is 20.3 Å². The van der Waals surface area contributed by atoms with E-state index in [0.717, 1.165) is 11.8 Å². The summed E-state index contributed by atoms with van der Waals surface area (Å²) in [4.78, 5) is 14.0. The molecule has 2 nitrogen and oxygen atoms in total. The van der Waals surface area contributed by atoms with Gasteiger partial charge in [0.05, 0.1) is 5.02 Å². The van der Waals surface area contributed by atoms with Crippen LogP contribution < -0.4 is 0 Å². The zero-order valence-corrected chi connectivity index (χ0v) is 12.8. The van der Waals surface area contributed by atoms with Gasteiger partial charge in [-0.3, -0.25) is 4.79 Å². The van der Waals surface area contributed by atoms with Crippen molar-refractivity contribution < 1.29 is 9.18 Å². The van der Waals surface area contributed by atoms with Crippen LogP contribution in [-0.2, 0) is 0 Å². The van der Waals surface area contributed by atoms with Crippen molar-refractivity contribution in [3.63, 3.8) is 0 Å². The number of rotatable bonds is 5. The summed E-state index contributed by atoms with van der Waals surface area (Å²) in [7, 11) is 0. The first kappa shape index (κ1) is 15.4. The highest BCUT2D eigenvalue weighted by molar-refractivity contribution is 9.09. The molecule has 1 aromatic carbocycles. The predicted molar refractivity (Wildman–Crippen MR) is 76.0 cm³/mol. The van der Waals surface area contributed by atoms with Gasteiger partial charge in [-0.15, -0.1) is 0 Å². The Bertz CT molecular complexity index is 425. The lowest BCUT2D eigenvalue weighted by molar-refractivity contribution is 0.0706. The van der Waals surface area contributed by atoms with E-state index in [0.29, 0.717) is 12.1 Å². The summed E-state index contributed by atoms with van der Waals surface area (Å²) in [5.74, 6) is -0.728. The number of carbonyl (C=O) groups is 1. The summed E-state index contributed by atoms with van der Waals surface area (Å²) in [6.45, 7) is 4.53. The van der Waals surface area contributed by atoms with Crippen LogP contribution in [0.5, 0.6) is 0 Å². The maximum Gasteiger partial charge on any atom is 0.254 e. The third kappa shape index (κ3) is 3.95. The van der Waals surface area contributed by atoms with Crippen LogP contribution in [0.4, 0.5) is 4.39 Å². The van der Waals surface area contributed by atoms with Crippen molar-refractivity contribution in [2.75, 3.05) is 11.9 Å². The molecule has 1 amide bonds. The van der Waals surface area contributed by atoms with Gasteiger partial charge in [0.1, 0.15) is 5.82 Å². The summed E-state index contributed by atoms with van der Waals surface area (Å²) in [6.07, 6.45) is 0.861. The molecule has 1 aromatic rings. The Labute approximate surface area is 120 Å². The van der Waals surface area contributed by atoms with Gasteiger partial charge in [0.2, 0.25) is 0 Å². The standard InChI is InChI=1S/C13H16BrClFNO/c1-9(2)17(7-3-6-14)13(18)10-4-5-11(15)12(16)8-10/h4-5,8-9H,3,6-7H2,1-2H3. The average molecular weight is 337 g/mol. The minimum atomic E-state index is -0.563. The average Bonchev–Trinajstić information content (AvgIpc) is 2.32. The Balaban J connectivity index is 2.91. The van der Waals surface area contributed by atoms with Gasteiger partial charge in [-0.1, -0.05) is 27.5 Å². The fraction of sp³-hybridized carbons (Fsp3) is 0.462. The molecule has 0 saturated heterocycles. The van der Waals surface area contributed by atoms with Crippen molar-refractivity contribution in [2.24, 2.45) is 0 Å². The van der Waals surface area contributed by atoms with Crippen molar-refractivity contribution >= 4 is 33.4 Å². The lowest BCUT2D eigenvalue weighted by Crippen LogP contribution is -2.37. The fourth-order valence-corrected chi connectivity index (χ4v) is 1.99. The quantitative estimate of drug-likeness (QED) is 0.741. The van der Waals surface area contributed by atoms with E-state index in [2.05, 4.69) is 15.9 Å². The highest BCUT2D eigenvalue weighted by Gasteiger charge is 2.19. The van der Waals surface area contributed by atoms with Gasteiger partial charge in [0, 0.05) is 23.5 Å². The molecule has 0 spiro atoms. The molecule has 18 heavy (non-hydrogen) atoms. The Hall–Kier alpha value is -0.610. The van der Waals surface area contributed by atoms with Gasteiger partial charge in [0.25, 0.3) is 5.91 Å². The summed E-state index contributed by atoms with van der Waals surface area (Å²) in [6, 6.07) is 4.23. The van der Waals surface area contributed by atoms with E-state index in [4.69, 9.17) is 11.6 Å². The largest absolute Gasteiger partial charge is 0.336 e. The van der Waals surface area contributed by atoms with Crippen molar-refractivity contribution in [1.29, 1.82) is 0 Å². The first-order valence-electron chi connectivity index (χ1n) is 5.79. The lowest BCUT2D eigenvalue weighted by atomic mass is 10.1. The number of halogens is 3. The van der Waals surface area contributed by atoms with Gasteiger partial charge in [0.15, 0.2) is 0 Å². The molecule has 0 bridgehead atoms. The first-order chi connectivity index (χ1) is 8.47. The number of amides is 1. The number of alkyl halides is 1. The molecule has 0 fully saturated rings. The second-order valence-corrected chi connectivity index (χ2v) is 5.46. The summed E-state index contributed by atoms with van der Waals surface area (Å²) >= 11 is 8.94. The number of hydrogen-bond donors (Lipinski definition) is 0. The van der Waals surface area contributed by atoms with E-state index < -0.39 is 5.82 Å². The maximum atomic E-state index is 13.3. The summed E-state index contributed by atoms with van der Waals surface area (Å²) in [5.41, 5.74) is 0.333. The molecule has 1 rings (SSSR count). The SMILES string of the molecule is CC(C)N(CCCBr)C(=O)c1ccc(Cl)c(F)c1. The van der Waals surface area contributed by atoms with Crippen LogP contribution in [-0.4, -0.2) is 28.7 Å². The van der Waals surface area contributed by atoms with Crippen molar-refractivity contribution in [3.05, 3.63) is 34.6 Å². The minimum absolute atomic E-state index is 0.0307. The number of benzene rings is 1. The molecule has 0 unspecified atom stereocenters. The highest BCUT2D eigenvalue weighted by atomic mass is 79.9. The smallest absolute Gasteiger partial charge is 0.254 e. The molecule has 0 aliphatic rings. The van der Waals surface area contributed by atoms with Crippen LogP contribution in [0, 0.1) is 5.82 Å². The lowest BCUT2D eigenvalue weighted by Gasteiger charge is -2.26. The second kappa shape index (κ2) is 7.10. The van der Waals surface area contributed by atoms with Crippen LogP contribution in [0.2, 0.25) is 5.02 Å². The van der Waals surface area contributed by atoms with Crippen LogP contribution in [0.1, 0.15) is 30.6 Å². The van der Waals surface area contributed by atoms with E-state index >= 15 is 0 Å². The van der Waals surface area contributed by atoms with E-state index in [1.54, 1.807) is 11.0 Å². The van der Waals surface area contributed by atoms with Crippen molar-refractivity contribution in [3.8, 4) is 0 Å². The molecule has 5 heteroatoms. The Kier molecular flexibility index (Phi) is 6.09. The molecular formula is C13H16BrClFNO. The van der Waals surface area contributed by atoms with E-state index in [-0.39, 0.29) is 17.0 Å². The first-order valence-corrected chi connectivity index (χ1v) is 7.29. The molecule has 100 valence electrons. The summed E-state index contributed by atoms with van der Waals surface area (Å²) in [5, 5.41) is 0.862. The van der Waals surface area contributed by atoms with Gasteiger partial charge in [-0.2, -0.15) is 0 Å². The van der Waals surface area contributed by atoms with Gasteiger partial charge >= 0.3 is 0 Å². The monoisotopic (exact) mass is 335 g/mol. The summed E-state index contributed by atoms with van der Waals surface area (Å²) < 4.78 is 13.3. The second-order valence-electron chi connectivity index (χ2n) is 4.26. The molecule has 0 heterocycles. The highest BCUT2D eigenvalue weighted by Crippen LogP contribution is 2.17. The molecular weight excluding hydrogens is 321 g/mol. The molecule has 0 saturated carbocycles. The zero-order valence-electron chi connectivity index (χ0n) is 10.4. The van der Waals surface area contributed by atoms with Crippen LogP contribution >= 0.6 is 27.5 Å². The van der Waals surface area contributed by atoms with E-state index in [1.807, 2.05) is 13.8 Å². The van der Waals surface area contributed by atoms with Crippen LogP contribution in [0.25, 0.3) is 0 Å². The number of carbonyl (C=O) groups excluding carboxylic acids is 1. The molecule has 0 radical (unpaired) electrons. The normalized spacial score (nSPS) is 10.8. The zero-order chi connectivity index (χ0) is 13.7. The molecule has 0 N–H and O–H groups in total. The third-order valence-corrected chi connectivity index (χ3v) is 3.45. The molecule has 0 aromatic heterocycles. The van der Waals surface area contributed by atoms with Crippen LogP contribution in [0.15, 0.2) is 18.2 Å². The minimum Gasteiger partial charge on any atom is -0.336 e. The predicted octanol–water partition coefficient (Wildman–Crippen LogP) is 4.11. The van der Waals surface area contributed by atoms with E-state index in [1.165, 1.54) is 12.1 Å². The number of hydrogen-bond acceptors (Lipinski definition) is 1. The Morgan fingerprint density at radius 2 is 2.17 bits per heavy atom. The van der Waals surface area contributed by atoms with Crippen molar-refractivity contribution in [2.45, 2.75) is 26.3 Å². The molecule has 0 aliphatic heterocycles. The maximum absolute atomic E-state index is 13.3. The van der Waals surface area contributed by atoms with Gasteiger partial charge in [-0.05, 0) is 38.5 Å². The fourth-order valence-electron chi connectivity index (χ4n) is 1.62. The third-order valence-electron chi connectivity index (χ3n) is 2.58. The van der Waals surface area contributed by atoms with Gasteiger partial charge < -0.3 is 4.90 Å². The number of nitrogens with zero attached hydrogens (tertiary/aromatic N) is 1. The molecule has 0 aliphatic carbocycles. The van der Waals surface area contributed by atoms with Gasteiger partial charge in [-0.25, -0.2) is 4.39 Å². The van der Waals surface area contributed by atoms with Crippen molar-refractivity contribution in [1.82, 2.24) is 4.90 Å². The Morgan fingerprint density at radius 3 is 2.67 bits per heavy atom. The van der Waals surface area contributed by atoms with Crippen LogP contribution in [0.3, 0.4) is 0 Å². The van der Waals surface area contributed by atoms with E-state index in [9.17, 15) is 9.18 Å². The Morgan fingerprint density at radius 1 is 1.50 bits per heavy atom.